The van der Waals surface area contributed by atoms with Gasteiger partial charge in [-0.25, -0.2) is 0 Å². The van der Waals surface area contributed by atoms with Crippen molar-refractivity contribution in [3.8, 4) is 11.4 Å². The minimum atomic E-state index is 0.544. The molecule has 0 aliphatic carbocycles. The molecule has 0 unspecified atom stereocenters. The van der Waals surface area contributed by atoms with Crippen LogP contribution < -0.4 is 5.32 Å². The standard InChI is InChI=1S/C10H10N4O/c1-11-8-4-3-7(5-9(8)12-2)10-13-6-15-14-10/h3-6,11H,2H2,1H3. The molecule has 5 nitrogen and oxygen atoms in total. The predicted molar refractivity (Wildman–Crippen MR) is 58.5 cm³/mol. The van der Waals surface area contributed by atoms with Crippen molar-refractivity contribution in [2.24, 2.45) is 4.99 Å². The summed E-state index contributed by atoms with van der Waals surface area (Å²) in [4.78, 5) is 7.87. The quantitative estimate of drug-likeness (QED) is 0.774. The van der Waals surface area contributed by atoms with Gasteiger partial charge in [0.2, 0.25) is 12.2 Å². The highest BCUT2D eigenvalue weighted by atomic mass is 16.5. The van der Waals surface area contributed by atoms with Gasteiger partial charge >= 0.3 is 0 Å². The summed E-state index contributed by atoms with van der Waals surface area (Å²) >= 11 is 0. The molecule has 0 aliphatic heterocycles. The summed E-state index contributed by atoms with van der Waals surface area (Å²) in [7, 11) is 1.83. The van der Waals surface area contributed by atoms with E-state index in [0.717, 1.165) is 16.9 Å². The Morgan fingerprint density at radius 3 is 2.93 bits per heavy atom. The highest BCUT2D eigenvalue weighted by Crippen LogP contribution is 2.28. The first-order valence-corrected chi connectivity index (χ1v) is 4.40. The molecule has 0 fully saturated rings. The van der Waals surface area contributed by atoms with E-state index < -0.39 is 0 Å². The van der Waals surface area contributed by atoms with Crippen molar-refractivity contribution in [3.05, 3.63) is 24.6 Å². The number of nitrogens with zero attached hydrogens (tertiary/aromatic N) is 3. The Labute approximate surface area is 86.8 Å². The van der Waals surface area contributed by atoms with Crippen LogP contribution in [0.5, 0.6) is 0 Å². The maximum absolute atomic E-state index is 4.68. The zero-order valence-corrected chi connectivity index (χ0v) is 8.27. The SMILES string of the molecule is C=Nc1cc(-c2ncon2)ccc1NC. The molecule has 0 atom stereocenters. The predicted octanol–water partition coefficient (Wildman–Crippen LogP) is 2.11. The van der Waals surface area contributed by atoms with Gasteiger partial charge in [0.15, 0.2) is 0 Å². The number of benzene rings is 1. The van der Waals surface area contributed by atoms with E-state index in [1.165, 1.54) is 6.39 Å². The van der Waals surface area contributed by atoms with Crippen LogP contribution in [0, 0.1) is 0 Å². The average Bonchev–Trinajstić information content (AvgIpc) is 2.81. The smallest absolute Gasteiger partial charge is 0.214 e. The number of nitrogens with one attached hydrogen (secondary N) is 1. The molecule has 0 aliphatic rings. The first kappa shape index (κ1) is 9.39. The lowest BCUT2D eigenvalue weighted by Gasteiger charge is -2.05. The molecule has 76 valence electrons. The summed E-state index contributed by atoms with van der Waals surface area (Å²) in [5, 5.41) is 6.77. The van der Waals surface area contributed by atoms with E-state index in [4.69, 9.17) is 0 Å². The van der Waals surface area contributed by atoms with Crippen molar-refractivity contribution >= 4 is 18.1 Å². The van der Waals surface area contributed by atoms with Crippen LogP contribution in [0.1, 0.15) is 0 Å². The van der Waals surface area contributed by atoms with Crippen LogP contribution in [0.3, 0.4) is 0 Å². The first-order valence-electron chi connectivity index (χ1n) is 4.40. The molecule has 0 bridgehead atoms. The van der Waals surface area contributed by atoms with E-state index in [2.05, 4.69) is 31.7 Å². The van der Waals surface area contributed by atoms with Crippen LogP contribution in [-0.4, -0.2) is 23.9 Å². The summed E-state index contributed by atoms with van der Waals surface area (Å²) in [5.74, 6) is 0.544. The Morgan fingerprint density at radius 1 is 1.47 bits per heavy atom. The van der Waals surface area contributed by atoms with Crippen molar-refractivity contribution < 1.29 is 4.52 Å². The van der Waals surface area contributed by atoms with Crippen molar-refractivity contribution in [1.29, 1.82) is 0 Å². The second-order valence-electron chi connectivity index (χ2n) is 2.89. The average molecular weight is 202 g/mol. The Balaban J connectivity index is 2.48. The maximum atomic E-state index is 4.68. The van der Waals surface area contributed by atoms with Crippen molar-refractivity contribution in [1.82, 2.24) is 10.1 Å². The Morgan fingerprint density at radius 2 is 2.33 bits per heavy atom. The minimum absolute atomic E-state index is 0.544. The van der Waals surface area contributed by atoms with E-state index >= 15 is 0 Å². The summed E-state index contributed by atoms with van der Waals surface area (Å²) < 4.78 is 4.68. The lowest BCUT2D eigenvalue weighted by molar-refractivity contribution is 0.419. The summed E-state index contributed by atoms with van der Waals surface area (Å²) in [6.45, 7) is 3.51. The molecule has 2 aromatic rings. The summed E-state index contributed by atoms with van der Waals surface area (Å²) in [6.07, 6.45) is 1.29. The highest BCUT2D eigenvalue weighted by Gasteiger charge is 2.06. The third kappa shape index (κ3) is 1.71. The van der Waals surface area contributed by atoms with E-state index in [9.17, 15) is 0 Å². The van der Waals surface area contributed by atoms with Crippen LogP contribution >= 0.6 is 0 Å². The third-order valence-corrected chi connectivity index (χ3v) is 2.06. The number of hydrogen-bond acceptors (Lipinski definition) is 5. The van der Waals surface area contributed by atoms with E-state index in [1.807, 2.05) is 25.2 Å². The maximum Gasteiger partial charge on any atom is 0.214 e. The molecule has 0 spiro atoms. The second kappa shape index (κ2) is 3.91. The zero-order chi connectivity index (χ0) is 10.7. The number of aromatic nitrogens is 2. The second-order valence-corrected chi connectivity index (χ2v) is 2.89. The molecule has 0 amide bonds. The first-order chi connectivity index (χ1) is 7.35. The lowest BCUT2D eigenvalue weighted by Crippen LogP contribution is -1.89. The van der Waals surface area contributed by atoms with Gasteiger partial charge in [-0.1, -0.05) is 5.16 Å². The summed E-state index contributed by atoms with van der Waals surface area (Å²) in [6, 6.07) is 5.64. The Bertz CT molecular complexity index is 464. The van der Waals surface area contributed by atoms with Gasteiger partial charge in [0.1, 0.15) is 0 Å². The van der Waals surface area contributed by atoms with Gasteiger partial charge in [0.05, 0.1) is 11.4 Å². The van der Waals surface area contributed by atoms with Crippen molar-refractivity contribution in [3.63, 3.8) is 0 Å². The van der Waals surface area contributed by atoms with Gasteiger partial charge < -0.3 is 9.84 Å². The molecule has 2 rings (SSSR count). The van der Waals surface area contributed by atoms with Gasteiger partial charge in [0.25, 0.3) is 0 Å². The van der Waals surface area contributed by atoms with E-state index in [-0.39, 0.29) is 0 Å². The monoisotopic (exact) mass is 202 g/mol. The van der Waals surface area contributed by atoms with Crippen molar-refractivity contribution in [2.75, 3.05) is 12.4 Å². The van der Waals surface area contributed by atoms with Crippen LogP contribution in [0.15, 0.2) is 34.1 Å². The van der Waals surface area contributed by atoms with Gasteiger partial charge in [-0.2, -0.15) is 4.98 Å². The number of aliphatic imine (C=N–C) groups is 1. The zero-order valence-electron chi connectivity index (χ0n) is 8.27. The molecular weight excluding hydrogens is 192 g/mol. The molecule has 15 heavy (non-hydrogen) atoms. The lowest BCUT2D eigenvalue weighted by atomic mass is 10.1. The molecule has 1 N–H and O–H groups in total. The molecule has 0 radical (unpaired) electrons. The molecule has 1 heterocycles. The largest absolute Gasteiger partial charge is 0.386 e. The number of anilines is 1. The fraction of sp³-hybridized carbons (Fsp3) is 0.100. The third-order valence-electron chi connectivity index (χ3n) is 2.06. The van der Waals surface area contributed by atoms with E-state index in [1.54, 1.807) is 0 Å². The summed E-state index contributed by atoms with van der Waals surface area (Å²) in [5.41, 5.74) is 2.53. The van der Waals surface area contributed by atoms with Crippen molar-refractivity contribution in [2.45, 2.75) is 0 Å². The van der Waals surface area contributed by atoms with Gasteiger partial charge in [-0.3, -0.25) is 4.99 Å². The minimum Gasteiger partial charge on any atom is -0.386 e. The molecule has 0 saturated carbocycles. The normalized spacial score (nSPS) is 9.93. The molecule has 0 saturated heterocycles. The van der Waals surface area contributed by atoms with Crippen LogP contribution in [-0.2, 0) is 0 Å². The molecule has 1 aromatic heterocycles. The Kier molecular flexibility index (Phi) is 2.45. The fourth-order valence-electron chi connectivity index (χ4n) is 1.31. The number of hydrogen-bond donors (Lipinski definition) is 1. The fourth-order valence-corrected chi connectivity index (χ4v) is 1.31. The Hall–Kier alpha value is -2.17. The highest BCUT2D eigenvalue weighted by molar-refractivity contribution is 5.74. The molecule has 1 aromatic carbocycles. The van der Waals surface area contributed by atoms with Gasteiger partial charge in [0, 0.05) is 12.6 Å². The van der Waals surface area contributed by atoms with Gasteiger partial charge in [-0.15, -0.1) is 0 Å². The van der Waals surface area contributed by atoms with Crippen LogP contribution in [0.2, 0.25) is 0 Å². The van der Waals surface area contributed by atoms with Crippen LogP contribution in [0.25, 0.3) is 11.4 Å². The molecule has 5 heteroatoms. The molecular formula is C10H10N4O. The number of rotatable bonds is 3. The van der Waals surface area contributed by atoms with Crippen LogP contribution in [0.4, 0.5) is 11.4 Å². The van der Waals surface area contributed by atoms with E-state index in [0.29, 0.717) is 5.82 Å². The topological polar surface area (TPSA) is 63.3 Å². The van der Waals surface area contributed by atoms with Gasteiger partial charge in [-0.05, 0) is 24.9 Å².